The van der Waals surface area contributed by atoms with E-state index in [9.17, 15) is 21.6 Å². The van der Waals surface area contributed by atoms with Crippen LogP contribution in [-0.2, 0) is 19.7 Å². The molecule has 2 aromatic carbocycles. The highest BCUT2D eigenvalue weighted by atomic mass is 32.2. The fourth-order valence-electron chi connectivity index (χ4n) is 4.90. The van der Waals surface area contributed by atoms with E-state index in [1.807, 2.05) is 13.8 Å². The SMILES string of the molecule is CC(C)Oc1ccc(S(C)(=O)=O)cc1C(=O)N1CCN(c2ccc(S(=O)(=O)C3CCCC3)cc2F)CC1. The molecule has 2 fully saturated rings. The lowest BCUT2D eigenvalue weighted by atomic mass is 10.1. The number of hydrogen-bond acceptors (Lipinski definition) is 7. The van der Waals surface area contributed by atoms with E-state index in [-0.39, 0.29) is 40.5 Å². The van der Waals surface area contributed by atoms with Gasteiger partial charge in [0.05, 0.1) is 32.4 Å². The van der Waals surface area contributed by atoms with Crippen LogP contribution in [0.5, 0.6) is 5.75 Å². The zero-order chi connectivity index (χ0) is 27.0. The van der Waals surface area contributed by atoms with Gasteiger partial charge in [-0.05, 0) is 63.1 Å². The lowest BCUT2D eigenvalue weighted by Gasteiger charge is -2.36. The number of piperazine rings is 1. The number of nitrogens with zero attached hydrogens (tertiary/aromatic N) is 2. The van der Waals surface area contributed by atoms with Crippen molar-refractivity contribution >= 4 is 31.3 Å². The molecule has 8 nitrogen and oxygen atoms in total. The van der Waals surface area contributed by atoms with Crippen molar-refractivity contribution in [2.24, 2.45) is 0 Å². The molecule has 1 saturated heterocycles. The number of rotatable bonds is 7. The Hall–Kier alpha value is -2.66. The van der Waals surface area contributed by atoms with Crippen molar-refractivity contribution in [3.8, 4) is 5.75 Å². The van der Waals surface area contributed by atoms with Gasteiger partial charge < -0.3 is 14.5 Å². The van der Waals surface area contributed by atoms with Gasteiger partial charge in [0.2, 0.25) is 0 Å². The van der Waals surface area contributed by atoms with Crippen LogP contribution in [0.4, 0.5) is 10.1 Å². The molecule has 0 aromatic heterocycles. The Morgan fingerprint density at radius 1 is 0.946 bits per heavy atom. The standard InChI is InChI=1S/C26H33FN2O6S2/c1-18(2)35-25-11-9-20(36(3,31)32)16-22(25)26(30)29-14-12-28(13-15-29)24-10-8-21(17-23(24)27)37(33,34)19-6-4-5-7-19/h8-11,16-19H,4-7,12-15H2,1-3H3. The summed E-state index contributed by atoms with van der Waals surface area (Å²) in [6, 6.07) is 8.32. The molecular weight excluding hydrogens is 519 g/mol. The van der Waals surface area contributed by atoms with Gasteiger partial charge in [-0.25, -0.2) is 21.2 Å². The summed E-state index contributed by atoms with van der Waals surface area (Å²) in [6.07, 6.45) is 3.83. The van der Waals surface area contributed by atoms with Gasteiger partial charge in [-0.3, -0.25) is 4.79 Å². The molecule has 0 spiro atoms. The summed E-state index contributed by atoms with van der Waals surface area (Å²) >= 11 is 0. The number of hydrogen-bond donors (Lipinski definition) is 0. The highest BCUT2D eigenvalue weighted by molar-refractivity contribution is 7.92. The minimum absolute atomic E-state index is 0.0119. The van der Waals surface area contributed by atoms with Crippen LogP contribution in [0.25, 0.3) is 0 Å². The molecule has 0 radical (unpaired) electrons. The quantitative estimate of drug-likeness (QED) is 0.516. The maximum Gasteiger partial charge on any atom is 0.257 e. The molecular formula is C26H33FN2O6S2. The van der Waals surface area contributed by atoms with E-state index in [1.54, 1.807) is 9.80 Å². The Labute approximate surface area is 218 Å². The maximum atomic E-state index is 15.0. The van der Waals surface area contributed by atoms with E-state index in [2.05, 4.69) is 0 Å². The summed E-state index contributed by atoms with van der Waals surface area (Å²) in [5, 5.41) is -0.446. The number of anilines is 1. The van der Waals surface area contributed by atoms with Crippen molar-refractivity contribution in [2.75, 3.05) is 37.3 Å². The molecule has 1 amide bonds. The number of ether oxygens (including phenoxy) is 1. The minimum Gasteiger partial charge on any atom is -0.490 e. The average Bonchev–Trinajstić information content (AvgIpc) is 3.39. The molecule has 11 heteroatoms. The van der Waals surface area contributed by atoms with Crippen LogP contribution in [0.2, 0.25) is 0 Å². The molecule has 1 aliphatic heterocycles. The number of benzene rings is 2. The van der Waals surface area contributed by atoms with E-state index in [4.69, 9.17) is 4.74 Å². The van der Waals surface area contributed by atoms with E-state index in [0.29, 0.717) is 37.4 Å². The molecule has 37 heavy (non-hydrogen) atoms. The molecule has 4 rings (SSSR count). The smallest absolute Gasteiger partial charge is 0.257 e. The van der Waals surface area contributed by atoms with E-state index in [1.165, 1.54) is 30.3 Å². The molecule has 0 N–H and O–H groups in total. The first kappa shape index (κ1) is 27.4. The third-order valence-electron chi connectivity index (χ3n) is 6.87. The van der Waals surface area contributed by atoms with Gasteiger partial charge in [-0.2, -0.15) is 0 Å². The summed E-state index contributed by atoms with van der Waals surface area (Å²) in [7, 11) is -7.08. The zero-order valence-electron chi connectivity index (χ0n) is 21.3. The van der Waals surface area contributed by atoms with Crippen LogP contribution in [0.15, 0.2) is 46.2 Å². The van der Waals surface area contributed by atoms with Gasteiger partial charge in [-0.1, -0.05) is 12.8 Å². The molecule has 2 aromatic rings. The Morgan fingerprint density at radius 2 is 1.57 bits per heavy atom. The Balaban J connectivity index is 1.49. The van der Waals surface area contributed by atoms with Gasteiger partial charge in [-0.15, -0.1) is 0 Å². The highest BCUT2D eigenvalue weighted by Crippen LogP contribution is 2.32. The van der Waals surface area contributed by atoms with Crippen molar-refractivity contribution in [3.63, 3.8) is 0 Å². The normalized spacial score (nSPS) is 17.4. The number of carbonyl (C=O) groups is 1. The summed E-state index contributed by atoms with van der Waals surface area (Å²) in [5.41, 5.74) is 0.457. The van der Waals surface area contributed by atoms with Crippen LogP contribution >= 0.6 is 0 Å². The summed E-state index contributed by atoms with van der Waals surface area (Å²) in [5.74, 6) is -0.661. The van der Waals surface area contributed by atoms with Gasteiger partial charge in [0.1, 0.15) is 11.6 Å². The van der Waals surface area contributed by atoms with E-state index < -0.39 is 30.7 Å². The van der Waals surface area contributed by atoms with Crippen LogP contribution in [-0.4, -0.2) is 71.4 Å². The highest BCUT2D eigenvalue weighted by Gasteiger charge is 2.32. The Kier molecular flexibility index (Phi) is 7.85. The Bertz CT molecular complexity index is 1380. The van der Waals surface area contributed by atoms with Crippen molar-refractivity contribution < 1.29 is 30.8 Å². The van der Waals surface area contributed by atoms with E-state index >= 15 is 4.39 Å². The van der Waals surface area contributed by atoms with Crippen molar-refractivity contribution in [1.82, 2.24) is 4.90 Å². The van der Waals surface area contributed by atoms with Crippen molar-refractivity contribution in [1.29, 1.82) is 0 Å². The second-order valence-corrected chi connectivity index (χ2v) is 14.2. The number of sulfone groups is 2. The molecule has 2 aliphatic rings. The van der Waals surface area contributed by atoms with Gasteiger partial charge >= 0.3 is 0 Å². The molecule has 0 bridgehead atoms. The second-order valence-electron chi connectivity index (χ2n) is 9.94. The predicted molar refractivity (Wildman–Crippen MR) is 139 cm³/mol. The number of halogens is 1. The molecule has 1 heterocycles. The summed E-state index contributed by atoms with van der Waals surface area (Å²) < 4.78 is 70.6. The molecule has 0 atom stereocenters. The van der Waals surface area contributed by atoms with Gasteiger partial charge in [0, 0.05) is 32.4 Å². The van der Waals surface area contributed by atoms with E-state index in [0.717, 1.165) is 25.2 Å². The first-order valence-corrected chi connectivity index (χ1v) is 15.9. The maximum absolute atomic E-state index is 15.0. The number of amides is 1. The summed E-state index contributed by atoms with van der Waals surface area (Å²) in [4.78, 5) is 16.8. The van der Waals surface area contributed by atoms with Crippen LogP contribution in [0.3, 0.4) is 0 Å². The molecule has 1 aliphatic carbocycles. The average molecular weight is 553 g/mol. The van der Waals surface area contributed by atoms with Crippen molar-refractivity contribution in [3.05, 3.63) is 47.8 Å². The zero-order valence-corrected chi connectivity index (χ0v) is 22.9. The largest absolute Gasteiger partial charge is 0.490 e. The fraction of sp³-hybridized carbons (Fsp3) is 0.500. The lowest BCUT2D eigenvalue weighted by Crippen LogP contribution is -2.49. The summed E-state index contributed by atoms with van der Waals surface area (Å²) in [6.45, 7) is 4.87. The molecule has 0 unspecified atom stereocenters. The van der Waals surface area contributed by atoms with Crippen LogP contribution in [0.1, 0.15) is 49.9 Å². The van der Waals surface area contributed by atoms with Gasteiger partial charge in [0.15, 0.2) is 19.7 Å². The third kappa shape index (κ3) is 5.93. The monoisotopic (exact) mass is 552 g/mol. The fourth-order valence-corrected chi connectivity index (χ4v) is 7.41. The molecule has 1 saturated carbocycles. The lowest BCUT2D eigenvalue weighted by molar-refractivity contribution is 0.0740. The molecule has 202 valence electrons. The van der Waals surface area contributed by atoms with Crippen LogP contribution < -0.4 is 9.64 Å². The number of carbonyl (C=O) groups excluding carboxylic acids is 1. The van der Waals surface area contributed by atoms with Gasteiger partial charge in [0.25, 0.3) is 5.91 Å². The topological polar surface area (TPSA) is 101 Å². The third-order valence-corrected chi connectivity index (χ3v) is 10.2. The Morgan fingerprint density at radius 3 is 2.14 bits per heavy atom. The second kappa shape index (κ2) is 10.6. The minimum atomic E-state index is -3.55. The van der Waals surface area contributed by atoms with Crippen molar-refractivity contribution in [2.45, 2.75) is 60.7 Å². The van der Waals surface area contributed by atoms with Crippen LogP contribution in [0, 0.1) is 5.82 Å². The predicted octanol–water partition coefficient (Wildman–Crippen LogP) is 3.70. The first-order valence-electron chi connectivity index (χ1n) is 12.5. The first-order chi connectivity index (χ1) is 17.4.